The first-order valence-electron chi connectivity index (χ1n) is 3.45. The predicted octanol–water partition coefficient (Wildman–Crippen LogP) is 0.457. The summed E-state index contributed by atoms with van der Waals surface area (Å²) in [5, 5.41) is 8.50. The monoisotopic (exact) mass is 159 g/mol. The van der Waals surface area contributed by atoms with Gasteiger partial charge in [0.15, 0.2) is 0 Å². The minimum Gasteiger partial charge on any atom is -0.478 e. The highest BCUT2D eigenvalue weighted by atomic mass is 19.1. The molecule has 0 aromatic rings. The Morgan fingerprint density at radius 3 is 2.91 bits per heavy atom. The number of halogens is 1. The van der Waals surface area contributed by atoms with E-state index in [1.807, 2.05) is 0 Å². The summed E-state index contributed by atoms with van der Waals surface area (Å²) < 4.78 is 12.7. The Morgan fingerprint density at radius 1 is 1.82 bits per heavy atom. The number of rotatable bonds is 1. The summed E-state index contributed by atoms with van der Waals surface area (Å²) in [6.07, 6.45) is 0.707. The number of aliphatic carboxylic acids is 1. The summed E-state index contributed by atoms with van der Waals surface area (Å²) in [4.78, 5) is 10.4. The highest BCUT2D eigenvalue weighted by Crippen LogP contribution is 2.19. The van der Waals surface area contributed by atoms with Gasteiger partial charge in [0.05, 0.1) is 6.04 Å². The van der Waals surface area contributed by atoms with Crippen LogP contribution in [0.2, 0.25) is 0 Å². The van der Waals surface area contributed by atoms with Crippen molar-refractivity contribution < 1.29 is 14.3 Å². The highest BCUT2D eigenvalue weighted by molar-refractivity contribution is 5.86. The molecule has 1 rings (SSSR count). The molecule has 0 bridgehead atoms. The van der Waals surface area contributed by atoms with Gasteiger partial charge in [0.25, 0.3) is 0 Å². The van der Waals surface area contributed by atoms with Crippen LogP contribution in [-0.2, 0) is 4.79 Å². The molecule has 0 aromatic carbocycles. The number of carbonyl (C=O) groups is 1. The minimum atomic E-state index is -1.09. The lowest BCUT2D eigenvalue weighted by atomic mass is 9.95. The molecule has 3 nitrogen and oxygen atoms in total. The molecule has 0 amide bonds. The molecule has 0 saturated heterocycles. The van der Waals surface area contributed by atoms with Crippen molar-refractivity contribution in [2.75, 3.05) is 0 Å². The van der Waals surface area contributed by atoms with E-state index in [2.05, 4.69) is 0 Å². The van der Waals surface area contributed by atoms with Gasteiger partial charge in [0, 0.05) is 5.57 Å². The highest BCUT2D eigenvalue weighted by Gasteiger charge is 2.23. The lowest BCUT2D eigenvalue weighted by molar-refractivity contribution is -0.133. The number of alkyl halides is 1. The summed E-state index contributed by atoms with van der Waals surface area (Å²) in [6.45, 7) is 0. The van der Waals surface area contributed by atoms with Crippen LogP contribution < -0.4 is 5.73 Å². The molecule has 1 aliphatic carbocycles. The molecule has 0 saturated carbocycles. The Labute approximate surface area is 63.7 Å². The number of carboxylic acid groups (broad SMARTS) is 1. The first-order chi connectivity index (χ1) is 5.11. The van der Waals surface area contributed by atoms with Gasteiger partial charge in [0.1, 0.15) is 6.17 Å². The van der Waals surface area contributed by atoms with E-state index in [1.54, 1.807) is 0 Å². The molecule has 4 heteroatoms. The van der Waals surface area contributed by atoms with E-state index in [4.69, 9.17) is 10.8 Å². The van der Waals surface area contributed by atoms with Crippen LogP contribution in [0.1, 0.15) is 12.8 Å². The van der Waals surface area contributed by atoms with E-state index in [-0.39, 0.29) is 18.4 Å². The third-order valence-electron chi connectivity index (χ3n) is 1.78. The van der Waals surface area contributed by atoms with Crippen molar-refractivity contribution in [3.63, 3.8) is 0 Å². The van der Waals surface area contributed by atoms with Crippen molar-refractivity contribution in [3.8, 4) is 0 Å². The van der Waals surface area contributed by atoms with Crippen molar-refractivity contribution in [1.82, 2.24) is 0 Å². The van der Waals surface area contributed by atoms with E-state index in [0.29, 0.717) is 0 Å². The Kier molecular flexibility index (Phi) is 2.24. The van der Waals surface area contributed by atoms with Crippen molar-refractivity contribution in [2.45, 2.75) is 25.1 Å². The van der Waals surface area contributed by atoms with Crippen LogP contribution in [-0.4, -0.2) is 23.3 Å². The zero-order chi connectivity index (χ0) is 8.43. The molecule has 11 heavy (non-hydrogen) atoms. The lowest BCUT2D eigenvalue weighted by Crippen LogP contribution is -2.33. The Hall–Kier alpha value is -0.900. The lowest BCUT2D eigenvalue weighted by Gasteiger charge is -2.19. The quantitative estimate of drug-likeness (QED) is 0.584. The van der Waals surface area contributed by atoms with E-state index >= 15 is 0 Å². The fourth-order valence-electron chi connectivity index (χ4n) is 1.08. The summed E-state index contributed by atoms with van der Waals surface area (Å²) in [5.74, 6) is -0.993. The molecule has 1 aliphatic rings. The molecule has 0 aromatic heterocycles. The van der Waals surface area contributed by atoms with Gasteiger partial charge in [-0.15, -0.1) is 0 Å². The van der Waals surface area contributed by atoms with Gasteiger partial charge in [-0.3, -0.25) is 0 Å². The zero-order valence-corrected chi connectivity index (χ0v) is 5.96. The van der Waals surface area contributed by atoms with Gasteiger partial charge in [-0.2, -0.15) is 0 Å². The standard InChI is InChI=1S/C7H10FNO2/c8-5-2-1-4(7(10)11)3-6(5)9/h3,5-6H,1-2,9H2,(H,10,11)/t5-,6?/m0/s1. The largest absolute Gasteiger partial charge is 0.478 e. The van der Waals surface area contributed by atoms with E-state index in [9.17, 15) is 9.18 Å². The Morgan fingerprint density at radius 2 is 2.45 bits per heavy atom. The third kappa shape index (κ3) is 1.77. The van der Waals surface area contributed by atoms with E-state index < -0.39 is 18.2 Å². The maximum atomic E-state index is 12.7. The fourth-order valence-corrected chi connectivity index (χ4v) is 1.08. The molecule has 0 aliphatic heterocycles. The van der Waals surface area contributed by atoms with Crippen LogP contribution >= 0.6 is 0 Å². The smallest absolute Gasteiger partial charge is 0.331 e. The Bertz CT molecular complexity index is 203. The molecule has 3 N–H and O–H groups in total. The second-order valence-electron chi connectivity index (χ2n) is 2.63. The van der Waals surface area contributed by atoms with Gasteiger partial charge >= 0.3 is 5.97 Å². The van der Waals surface area contributed by atoms with Crippen molar-refractivity contribution in [3.05, 3.63) is 11.6 Å². The molecule has 0 radical (unpaired) electrons. The molecule has 0 spiro atoms. The van der Waals surface area contributed by atoms with Gasteiger partial charge in [-0.25, -0.2) is 9.18 Å². The topological polar surface area (TPSA) is 63.3 Å². The number of carboxylic acids is 1. The summed E-state index contributed by atoms with van der Waals surface area (Å²) in [6, 6.07) is -0.741. The van der Waals surface area contributed by atoms with Crippen LogP contribution in [0.3, 0.4) is 0 Å². The van der Waals surface area contributed by atoms with Gasteiger partial charge in [0.2, 0.25) is 0 Å². The first kappa shape index (κ1) is 8.20. The average molecular weight is 159 g/mol. The molecule has 0 fully saturated rings. The molecule has 62 valence electrons. The van der Waals surface area contributed by atoms with Crippen molar-refractivity contribution >= 4 is 5.97 Å². The van der Waals surface area contributed by atoms with E-state index in [0.717, 1.165) is 0 Å². The number of hydrogen-bond acceptors (Lipinski definition) is 2. The van der Waals surface area contributed by atoms with Crippen LogP contribution in [0.25, 0.3) is 0 Å². The molecule has 0 heterocycles. The van der Waals surface area contributed by atoms with Gasteiger partial charge in [-0.05, 0) is 12.8 Å². The molecular formula is C7H10FNO2. The Balaban J connectivity index is 2.71. The average Bonchev–Trinajstić information content (AvgIpc) is 1.94. The second kappa shape index (κ2) is 3.00. The van der Waals surface area contributed by atoms with Gasteiger partial charge in [-0.1, -0.05) is 6.08 Å². The number of hydrogen-bond donors (Lipinski definition) is 2. The van der Waals surface area contributed by atoms with Crippen molar-refractivity contribution in [2.24, 2.45) is 5.73 Å². The SMILES string of the molecule is NC1C=C(C(=O)O)CC[C@@H]1F. The van der Waals surface area contributed by atoms with E-state index in [1.165, 1.54) is 6.08 Å². The van der Waals surface area contributed by atoms with Crippen molar-refractivity contribution in [1.29, 1.82) is 0 Å². The van der Waals surface area contributed by atoms with Crippen LogP contribution in [0.5, 0.6) is 0 Å². The third-order valence-corrected chi connectivity index (χ3v) is 1.78. The minimum absolute atomic E-state index is 0.222. The predicted molar refractivity (Wildman–Crippen MR) is 37.8 cm³/mol. The normalized spacial score (nSPS) is 31.3. The maximum Gasteiger partial charge on any atom is 0.331 e. The molecule has 2 atom stereocenters. The van der Waals surface area contributed by atoms with Crippen LogP contribution in [0.4, 0.5) is 4.39 Å². The molecule has 1 unspecified atom stereocenters. The first-order valence-corrected chi connectivity index (χ1v) is 3.45. The van der Waals surface area contributed by atoms with Crippen LogP contribution in [0, 0.1) is 0 Å². The second-order valence-corrected chi connectivity index (χ2v) is 2.63. The summed E-state index contributed by atoms with van der Waals surface area (Å²) in [5.41, 5.74) is 5.52. The number of nitrogens with two attached hydrogens (primary N) is 1. The maximum absolute atomic E-state index is 12.7. The summed E-state index contributed by atoms with van der Waals surface area (Å²) in [7, 11) is 0. The van der Waals surface area contributed by atoms with Crippen LogP contribution in [0.15, 0.2) is 11.6 Å². The summed E-state index contributed by atoms with van der Waals surface area (Å²) >= 11 is 0. The molecular weight excluding hydrogens is 149 g/mol. The van der Waals surface area contributed by atoms with Gasteiger partial charge < -0.3 is 10.8 Å². The fraction of sp³-hybridized carbons (Fsp3) is 0.571. The zero-order valence-electron chi connectivity index (χ0n) is 5.96.